The average molecular weight is 399 g/mol. The van der Waals surface area contributed by atoms with Crippen LogP contribution in [0.15, 0.2) is 30.3 Å². The lowest BCUT2D eigenvalue weighted by Gasteiger charge is -2.34. The molecule has 154 valence electrons. The van der Waals surface area contributed by atoms with E-state index in [9.17, 15) is 9.59 Å². The van der Waals surface area contributed by atoms with Crippen molar-refractivity contribution < 1.29 is 19.1 Å². The molecule has 29 heavy (non-hydrogen) atoms. The Kier molecular flexibility index (Phi) is 6.48. The second kappa shape index (κ2) is 9.22. The molecule has 0 saturated carbocycles. The van der Waals surface area contributed by atoms with E-state index in [0.717, 1.165) is 0 Å². The maximum absolute atomic E-state index is 12.6. The van der Waals surface area contributed by atoms with Crippen LogP contribution in [0, 0.1) is 6.92 Å². The van der Waals surface area contributed by atoms with Crippen molar-refractivity contribution in [2.24, 2.45) is 0 Å². The maximum atomic E-state index is 12.6. The number of methoxy groups -OCH3 is 1. The predicted molar refractivity (Wildman–Crippen MR) is 109 cm³/mol. The number of anilines is 2. The van der Waals surface area contributed by atoms with Crippen LogP contribution in [-0.2, 0) is 4.74 Å². The number of nitrogens with one attached hydrogen (secondary N) is 1. The van der Waals surface area contributed by atoms with Gasteiger partial charge in [-0.3, -0.25) is 4.79 Å². The van der Waals surface area contributed by atoms with E-state index >= 15 is 0 Å². The van der Waals surface area contributed by atoms with Crippen molar-refractivity contribution in [3.8, 4) is 5.75 Å². The lowest BCUT2D eigenvalue weighted by molar-refractivity contribution is 0.102. The summed E-state index contributed by atoms with van der Waals surface area (Å²) in [5.74, 6) is 1.58. The zero-order chi connectivity index (χ0) is 20.8. The van der Waals surface area contributed by atoms with E-state index in [2.05, 4.69) is 15.3 Å². The fourth-order valence-electron chi connectivity index (χ4n) is 3.03. The number of aryl methyl sites for hydroxylation is 1. The van der Waals surface area contributed by atoms with E-state index < -0.39 is 0 Å². The predicted octanol–water partition coefficient (Wildman–Crippen LogP) is 2.32. The van der Waals surface area contributed by atoms with E-state index in [1.165, 1.54) is 0 Å². The highest BCUT2D eigenvalue weighted by Crippen LogP contribution is 2.18. The van der Waals surface area contributed by atoms with Crippen LogP contribution in [-0.4, -0.2) is 66.8 Å². The van der Waals surface area contributed by atoms with Gasteiger partial charge in [0.2, 0.25) is 0 Å². The van der Waals surface area contributed by atoms with Crippen LogP contribution in [0.4, 0.5) is 16.3 Å². The number of piperazine rings is 1. The fourth-order valence-corrected chi connectivity index (χ4v) is 3.03. The van der Waals surface area contributed by atoms with E-state index in [1.807, 2.05) is 4.90 Å². The van der Waals surface area contributed by atoms with Gasteiger partial charge in [0.25, 0.3) is 5.91 Å². The number of carbonyl (C=O) groups is 2. The van der Waals surface area contributed by atoms with Crippen LogP contribution in [0.2, 0.25) is 0 Å². The molecule has 0 atom stereocenters. The molecule has 0 bridgehead atoms. The fraction of sp³-hybridized carbons (Fsp3) is 0.400. The summed E-state index contributed by atoms with van der Waals surface area (Å²) in [5, 5.41) is 2.83. The first-order chi connectivity index (χ1) is 14.0. The molecule has 1 aliphatic heterocycles. The molecule has 3 rings (SSSR count). The zero-order valence-corrected chi connectivity index (χ0v) is 16.8. The molecule has 1 aliphatic rings. The summed E-state index contributed by atoms with van der Waals surface area (Å²) < 4.78 is 10.2. The molecule has 1 aromatic heterocycles. The smallest absolute Gasteiger partial charge is 0.409 e. The second-order valence-electron chi connectivity index (χ2n) is 6.51. The number of aromatic nitrogens is 2. The quantitative estimate of drug-likeness (QED) is 0.824. The maximum Gasteiger partial charge on any atom is 0.409 e. The molecular weight excluding hydrogens is 374 g/mol. The molecule has 1 saturated heterocycles. The molecule has 1 fully saturated rings. The summed E-state index contributed by atoms with van der Waals surface area (Å²) in [5.41, 5.74) is 0.938. The van der Waals surface area contributed by atoms with Crippen molar-refractivity contribution >= 4 is 23.5 Å². The summed E-state index contributed by atoms with van der Waals surface area (Å²) in [6.07, 6.45) is -0.300. The Bertz CT molecular complexity index is 864. The van der Waals surface area contributed by atoms with Crippen molar-refractivity contribution in [2.75, 3.05) is 50.1 Å². The lowest BCUT2D eigenvalue weighted by Crippen LogP contribution is -2.49. The molecule has 2 aromatic rings. The third-order valence-electron chi connectivity index (χ3n) is 4.53. The lowest BCUT2D eigenvalue weighted by atomic mass is 10.2. The summed E-state index contributed by atoms with van der Waals surface area (Å²) in [6, 6.07) is 8.75. The summed E-state index contributed by atoms with van der Waals surface area (Å²) >= 11 is 0. The van der Waals surface area contributed by atoms with Gasteiger partial charge in [-0.05, 0) is 38.1 Å². The first kappa shape index (κ1) is 20.4. The number of hydrogen-bond acceptors (Lipinski definition) is 7. The highest BCUT2D eigenvalue weighted by molar-refractivity contribution is 6.03. The van der Waals surface area contributed by atoms with Crippen LogP contribution in [0.5, 0.6) is 5.75 Å². The SMILES string of the molecule is CCOC(=O)N1CCN(c2cc(C(=O)Nc3ccc(OC)cc3)nc(C)n2)CC1. The summed E-state index contributed by atoms with van der Waals surface area (Å²) in [4.78, 5) is 36.9. The minimum atomic E-state index is -0.313. The third kappa shape index (κ3) is 5.13. The van der Waals surface area contributed by atoms with Gasteiger partial charge in [-0.2, -0.15) is 0 Å². The number of ether oxygens (including phenoxy) is 2. The minimum absolute atomic E-state index is 0.288. The van der Waals surface area contributed by atoms with Crippen molar-refractivity contribution in [2.45, 2.75) is 13.8 Å². The van der Waals surface area contributed by atoms with Gasteiger partial charge in [-0.1, -0.05) is 0 Å². The van der Waals surface area contributed by atoms with Gasteiger partial charge < -0.3 is 24.6 Å². The van der Waals surface area contributed by atoms with Gasteiger partial charge in [0, 0.05) is 37.9 Å². The topological polar surface area (TPSA) is 96.9 Å². The highest BCUT2D eigenvalue weighted by atomic mass is 16.6. The number of rotatable bonds is 5. The van der Waals surface area contributed by atoms with E-state index in [1.54, 1.807) is 56.2 Å². The van der Waals surface area contributed by atoms with Gasteiger partial charge in [-0.25, -0.2) is 14.8 Å². The zero-order valence-electron chi connectivity index (χ0n) is 16.8. The molecule has 2 heterocycles. The summed E-state index contributed by atoms with van der Waals surface area (Å²) in [7, 11) is 1.59. The Morgan fingerprint density at radius 2 is 1.79 bits per heavy atom. The Balaban J connectivity index is 1.68. The Morgan fingerprint density at radius 3 is 2.41 bits per heavy atom. The average Bonchev–Trinajstić information content (AvgIpc) is 2.74. The first-order valence-electron chi connectivity index (χ1n) is 9.48. The van der Waals surface area contributed by atoms with Crippen molar-refractivity contribution in [1.29, 1.82) is 0 Å². The van der Waals surface area contributed by atoms with E-state index in [4.69, 9.17) is 9.47 Å². The number of amides is 2. The first-order valence-corrected chi connectivity index (χ1v) is 9.48. The number of nitrogens with zero attached hydrogens (tertiary/aromatic N) is 4. The van der Waals surface area contributed by atoms with Crippen LogP contribution >= 0.6 is 0 Å². The van der Waals surface area contributed by atoms with E-state index in [0.29, 0.717) is 55.9 Å². The molecule has 0 radical (unpaired) electrons. The van der Waals surface area contributed by atoms with Crippen LogP contribution in [0.3, 0.4) is 0 Å². The molecule has 9 nitrogen and oxygen atoms in total. The molecule has 0 spiro atoms. The molecule has 1 aromatic carbocycles. The van der Waals surface area contributed by atoms with E-state index in [-0.39, 0.29) is 17.7 Å². The van der Waals surface area contributed by atoms with Gasteiger partial charge in [-0.15, -0.1) is 0 Å². The number of hydrogen-bond donors (Lipinski definition) is 1. The van der Waals surface area contributed by atoms with Crippen molar-refractivity contribution in [3.05, 3.63) is 41.9 Å². The normalized spacial score (nSPS) is 13.8. The number of carbonyl (C=O) groups excluding carboxylic acids is 2. The molecule has 0 aliphatic carbocycles. The van der Waals surface area contributed by atoms with Crippen LogP contribution in [0.25, 0.3) is 0 Å². The van der Waals surface area contributed by atoms with Crippen molar-refractivity contribution in [1.82, 2.24) is 14.9 Å². The Morgan fingerprint density at radius 1 is 1.10 bits per heavy atom. The van der Waals surface area contributed by atoms with Gasteiger partial charge >= 0.3 is 6.09 Å². The molecule has 2 amide bonds. The molecular formula is C20H25N5O4. The Hall–Kier alpha value is -3.36. The molecule has 9 heteroatoms. The van der Waals surface area contributed by atoms with Gasteiger partial charge in [0.1, 0.15) is 23.1 Å². The standard InChI is InChI=1S/C20H25N5O4/c1-4-29-20(27)25-11-9-24(10-12-25)18-13-17(21-14(2)22-18)19(26)23-15-5-7-16(28-3)8-6-15/h5-8,13H,4,9-12H2,1-3H3,(H,23,26). The minimum Gasteiger partial charge on any atom is -0.497 e. The largest absolute Gasteiger partial charge is 0.497 e. The highest BCUT2D eigenvalue weighted by Gasteiger charge is 2.23. The second-order valence-corrected chi connectivity index (χ2v) is 6.51. The monoisotopic (exact) mass is 399 g/mol. The number of benzene rings is 1. The van der Waals surface area contributed by atoms with Crippen molar-refractivity contribution in [3.63, 3.8) is 0 Å². The Labute approximate surface area is 169 Å². The molecule has 1 N–H and O–H groups in total. The van der Waals surface area contributed by atoms with Crippen LogP contribution < -0.4 is 15.0 Å². The van der Waals surface area contributed by atoms with Gasteiger partial charge in [0.05, 0.1) is 13.7 Å². The summed E-state index contributed by atoms with van der Waals surface area (Å²) in [6.45, 7) is 6.18. The van der Waals surface area contributed by atoms with Gasteiger partial charge in [0.15, 0.2) is 0 Å². The molecule has 0 unspecified atom stereocenters. The third-order valence-corrected chi connectivity index (χ3v) is 4.53. The van der Waals surface area contributed by atoms with Crippen LogP contribution in [0.1, 0.15) is 23.2 Å².